The maximum absolute atomic E-state index is 12.3. The molecule has 1 heterocycles. The molecule has 1 aliphatic carbocycles. The smallest absolute Gasteiger partial charge is 0.251 e. The Bertz CT molecular complexity index is 561. The van der Waals surface area contributed by atoms with E-state index in [0.717, 1.165) is 32.0 Å². The van der Waals surface area contributed by atoms with E-state index in [1.54, 1.807) is 24.3 Å². The Balaban J connectivity index is 1.54. The van der Waals surface area contributed by atoms with Gasteiger partial charge in [0.25, 0.3) is 5.91 Å². The van der Waals surface area contributed by atoms with Crippen LogP contribution in [-0.4, -0.2) is 41.9 Å². The van der Waals surface area contributed by atoms with Crippen molar-refractivity contribution in [3.8, 4) is 0 Å². The van der Waals surface area contributed by atoms with Gasteiger partial charge < -0.3 is 15.5 Å². The lowest BCUT2D eigenvalue weighted by molar-refractivity contribution is -0.114. The molecule has 1 saturated heterocycles. The van der Waals surface area contributed by atoms with Crippen LogP contribution in [0.2, 0.25) is 0 Å². The van der Waals surface area contributed by atoms with Gasteiger partial charge in [0.2, 0.25) is 5.91 Å². The second-order valence-corrected chi connectivity index (χ2v) is 6.28. The number of hydrogen-bond acceptors (Lipinski definition) is 3. The molecule has 0 bridgehead atoms. The number of hydrogen-bond donors (Lipinski definition) is 2. The lowest BCUT2D eigenvalue weighted by Crippen LogP contribution is -2.45. The number of carbonyl (C=O) groups is 2. The Hall–Kier alpha value is -1.88. The molecular formula is C17H23N3O2. The Kier molecular flexibility index (Phi) is 4.43. The third-order valence-corrected chi connectivity index (χ3v) is 4.37. The monoisotopic (exact) mass is 301 g/mol. The van der Waals surface area contributed by atoms with Crippen LogP contribution in [0.15, 0.2) is 24.3 Å². The molecule has 0 atom stereocenters. The van der Waals surface area contributed by atoms with Crippen molar-refractivity contribution >= 4 is 17.5 Å². The number of rotatable bonds is 4. The largest absolute Gasteiger partial charge is 0.349 e. The molecule has 0 radical (unpaired) electrons. The fourth-order valence-electron chi connectivity index (χ4n) is 3.06. The number of benzene rings is 1. The van der Waals surface area contributed by atoms with Crippen molar-refractivity contribution in [2.45, 2.75) is 44.7 Å². The fourth-order valence-corrected chi connectivity index (χ4v) is 3.06. The molecule has 22 heavy (non-hydrogen) atoms. The van der Waals surface area contributed by atoms with Crippen LogP contribution in [0.4, 0.5) is 5.69 Å². The molecular weight excluding hydrogens is 278 g/mol. The van der Waals surface area contributed by atoms with Gasteiger partial charge in [0, 0.05) is 43.3 Å². The molecule has 1 aromatic carbocycles. The first-order valence-corrected chi connectivity index (χ1v) is 8.04. The van der Waals surface area contributed by atoms with Gasteiger partial charge in [-0.3, -0.25) is 9.59 Å². The minimum Gasteiger partial charge on any atom is -0.349 e. The lowest BCUT2D eigenvalue weighted by atomic mass is 10.0. The van der Waals surface area contributed by atoms with Crippen LogP contribution < -0.4 is 10.6 Å². The Morgan fingerprint density at radius 2 is 1.86 bits per heavy atom. The summed E-state index contributed by atoms with van der Waals surface area (Å²) in [4.78, 5) is 26.0. The van der Waals surface area contributed by atoms with Gasteiger partial charge in [-0.2, -0.15) is 0 Å². The van der Waals surface area contributed by atoms with Crippen LogP contribution in [0.3, 0.4) is 0 Å². The minimum absolute atomic E-state index is 0.0583. The van der Waals surface area contributed by atoms with E-state index in [2.05, 4.69) is 15.5 Å². The van der Waals surface area contributed by atoms with Crippen molar-refractivity contribution in [2.24, 2.45) is 0 Å². The van der Waals surface area contributed by atoms with Crippen molar-refractivity contribution in [2.75, 3.05) is 18.4 Å². The van der Waals surface area contributed by atoms with Crippen LogP contribution >= 0.6 is 0 Å². The Labute approximate surface area is 131 Å². The molecule has 2 aliphatic rings. The molecule has 1 aromatic rings. The van der Waals surface area contributed by atoms with Gasteiger partial charge in [-0.15, -0.1) is 0 Å². The standard InChI is InChI=1S/C17H23N3O2/c1-12(21)18-15-4-2-3-13(11-15)17(22)19-14-7-9-20(10-8-14)16-5-6-16/h2-4,11,14,16H,5-10H2,1H3,(H,18,21)(H,19,22). The van der Waals surface area contributed by atoms with Crippen molar-refractivity contribution in [3.63, 3.8) is 0 Å². The van der Waals surface area contributed by atoms with E-state index in [1.807, 2.05) is 0 Å². The number of piperidine rings is 1. The molecule has 1 aliphatic heterocycles. The molecule has 2 amide bonds. The van der Waals surface area contributed by atoms with Crippen LogP contribution in [0.25, 0.3) is 0 Å². The second-order valence-electron chi connectivity index (χ2n) is 6.28. The zero-order chi connectivity index (χ0) is 15.5. The van der Waals surface area contributed by atoms with Crippen LogP contribution in [0, 0.1) is 0 Å². The highest BCUT2D eigenvalue weighted by molar-refractivity contribution is 5.96. The van der Waals surface area contributed by atoms with Crippen molar-refractivity contribution < 1.29 is 9.59 Å². The molecule has 118 valence electrons. The van der Waals surface area contributed by atoms with E-state index in [1.165, 1.54) is 19.8 Å². The summed E-state index contributed by atoms with van der Waals surface area (Å²) in [6.45, 7) is 3.63. The van der Waals surface area contributed by atoms with Crippen LogP contribution in [0.1, 0.15) is 43.0 Å². The van der Waals surface area contributed by atoms with Crippen LogP contribution in [0.5, 0.6) is 0 Å². The number of carbonyl (C=O) groups excluding carboxylic acids is 2. The second kappa shape index (κ2) is 6.48. The first kappa shape index (κ1) is 15.0. The third-order valence-electron chi connectivity index (χ3n) is 4.37. The fraction of sp³-hybridized carbons (Fsp3) is 0.529. The third kappa shape index (κ3) is 3.85. The molecule has 5 nitrogen and oxygen atoms in total. The summed E-state index contributed by atoms with van der Waals surface area (Å²) >= 11 is 0. The molecule has 3 rings (SSSR count). The normalized spacial score (nSPS) is 19.7. The summed E-state index contributed by atoms with van der Waals surface area (Å²) in [5, 5.41) is 5.82. The van der Waals surface area contributed by atoms with E-state index >= 15 is 0 Å². The number of anilines is 1. The number of likely N-dealkylation sites (tertiary alicyclic amines) is 1. The maximum Gasteiger partial charge on any atom is 0.251 e. The zero-order valence-electron chi connectivity index (χ0n) is 13.0. The maximum atomic E-state index is 12.3. The zero-order valence-corrected chi connectivity index (χ0v) is 13.0. The Morgan fingerprint density at radius 3 is 2.50 bits per heavy atom. The van der Waals surface area contributed by atoms with Gasteiger partial charge in [0.05, 0.1) is 0 Å². The quantitative estimate of drug-likeness (QED) is 0.894. The molecule has 2 N–H and O–H groups in total. The topological polar surface area (TPSA) is 61.4 Å². The number of amides is 2. The van der Waals surface area contributed by atoms with Crippen molar-refractivity contribution in [1.29, 1.82) is 0 Å². The van der Waals surface area contributed by atoms with Gasteiger partial charge in [-0.05, 0) is 43.9 Å². The number of nitrogens with zero attached hydrogens (tertiary/aromatic N) is 1. The summed E-state index contributed by atoms with van der Waals surface area (Å²) in [5.41, 5.74) is 1.25. The molecule has 0 unspecified atom stereocenters. The highest BCUT2D eigenvalue weighted by Crippen LogP contribution is 2.29. The average Bonchev–Trinajstić information content (AvgIpc) is 3.32. The van der Waals surface area contributed by atoms with Crippen molar-refractivity contribution in [1.82, 2.24) is 10.2 Å². The van der Waals surface area contributed by atoms with E-state index < -0.39 is 0 Å². The molecule has 0 aromatic heterocycles. The van der Waals surface area contributed by atoms with Gasteiger partial charge in [0.15, 0.2) is 0 Å². The molecule has 5 heteroatoms. The first-order valence-electron chi connectivity index (χ1n) is 8.04. The predicted octanol–water partition coefficient (Wildman–Crippen LogP) is 2.00. The van der Waals surface area contributed by atoms with E-state index in [-0.39, 0.29) is 17.9 Å². The molecule has 1 saturated carbocycles. The highest BCUT2D eigenvalue weighted by Gasteiger charge is 2.32. The van der Waals surface area contributed by atoms with Gasteiger partial charge >= 0.3 is 0 Å². The summed E-state index contributed by atoms with van der Waals surface area (Å²) in [5.74, 6) is -0.193. The minimum atomic E-state index is -0.134. The Morgan fingerprint density at radius 1 is 1.14 bits per heavy atom. The number of nitrogens with one attached hydrogen (secondary N) is 2. The summed E-state index contributed by atoms with van der Waals surface area (Å²) in [6, 6.07) is 8.14. The molecule has 0 spiro atoms. The van der Waals surface area contributed by atoms with Gasteiger partial charge in [0.1, 0.15) is 0 Å². The predicted molar refractivity (Wildman–Crippen MR) is 85.8 cm³/mol. The average molecular weight is 301 g/mol. The molecule has 2 fully saturated rings. The van der Waals surface area contributed by atoms with E-state index in [9.17, 15) is 9.59 Å². The highest BCUT2D eigenvalue weighted by atomic mass is 16.2. The van der Waals surface area contributed by atoms with Crippen molar-refractivity contribution in [3.05, 3.63) is 29.8 Å². The van der Waals surface area contributed by atoms with Gasteiger partial charge in [-0.1, -0.05) is 6.07 Å². The first-order chi connectivity index (χ1) is 10.6. The van der Waals surface area contributed by atoms with Gasteiger partial charge in [-0.25, -0.2) is 0 Å². The summed E-state index contributed by atoms with van der Waals surface area (Å²) in [6.07, 6.45) is 4.72. The summed E-state index contributed by atoms with van der Waals surface area (Å²) in [7, 11) is 0. The summed E-state index contributed by atoms with van der Waals surface area (Å²) < 4.78 is 0. The van der Waals surface area contributed by atoms with Crippen LogP contribution in [-0.2, 0) is 4.79 Å². The SMILES string of the molecule is CC(=O)Nc1cccc(C(=O)NC2CCN(C3CC3)CC2)c1. The van der Waals surface area contributed by atoms with E-state index in [0.29, 0.717) is 11.3 Å². The lowest BCUT2D eigenvalue weighted by Gasteiger charge is -2.32. The van der Waals surface area contributed by atoms with E-state index in [4.69, 9.17) is 0 Å².